The highest BCUT2D eigenvalue weighted by molar-refractivity contribution is 9.10. The molecule has 5 rings (SSSR count). The molecule has 116 valence electrons. The summed E-state index contributed by atoms with van der Waals surface area (Å²) in [5, 5.41) is 7.41. The fourth-order valence-electron chi connectivity index (χ4n) is 3.59. The van der Waals surface area contributed by atoms with Crippen molar-refractivity contribution in [2.45, 2.75) is 0 Å². The van der Waals surface area contributed by atoms with Gasteiger partial charge >= 0.3 is 0 Å². The first-order valence-corrected chi connectivity index (χ1v) is 9.03. The SMILES string of the molecule is Brc1ccc(-c2ccc3c4ccccc4c4c#cccc4c3c2)cc1. The summed E-state index contributed by atoms with van der Waals surface area (Å²) in [4.78, 5) is 0. The molecule has 0 heterocycles. The molecule has 0 saturated heterocycles. The highest BCUT2D eigenvalue weighted by Gasteiger charge is 2.09. The summed E-state index contributed by atoms with van der Waals surface area (Å²) < 4.78 is 1.10. The largest absolute Gasteiger partial charge is 0.0695 e. The predicted octanol–water partition coefficient (Wildman–Crippen LogP) is 7.18. The Kier molecular flexibility index (Phi) is 3.26. The van der Waals surface area contributed by atoms with Crippen LogP contribution in [0, 0.1) is 12.1 Å². The molecule has 0 aromatic heterocycles. The topological polar surface area (TPSA) is 0 Å². The molecular formula is C24H13Br. The molecule has 0 radical (unpaired) electrons. The van der Waals surface area contributed by atoms with Gasteiger partial charge in [-0.1, -0.05) is 76.6 Å². The second kappa shape index (κ2) is 5.62. The minimum absolute atomic E-state index is 1.10. The number of fused-ring (bicyclic) bond motifs is 6. The van der Waals surface area contributed by atoms with Gasteiger partial charge in [0.05, 0.1) is 0 Å². The summed E-state index contributed by atoms with van der Waals surface area (Å²) in [6.45, 7) is 0. The lowest BCUT2D eigenvalue weighted by Gasteiger charge is -2.10. The van der Waals surface area contributed by atoms with Gasteiger partial charge in [0.25, 0.3) is 0 Å². The standard InChI is InChI=1S/C24H13Br/c25-18-12-9-16(10-13-18)17-11-14-23-21-7-2-1-5-19(21)20-6-3-4-8-22(20)24(23)15-17/h1-2,4-5,7-15H. The molecule has 0 N–H and O–H groups in total. The summed E-state index contributed by atoms with van der Waals surface area (Å²) in [7, 11) is 0. The number of rotatable bonds is 1. The van der Waals surface area contributed by atoms with Crippen molar-refractivity contribution in [3.63, 3.8) is 0 Å². The fraction of sp³-hybridized carbons (Fsp3) is 0. The molecule has 5 aromatic rings. The number of halogens is 1. The van der Waals surface area contributed by atoms with Crippen LogP contribution in [-0.2, 0) is 0 Å². The fourth-order valence-corrected chi connectivity index (χ4v) is 3.85. The van der Waals surface area contributed by atoms with Crippen LogP contribution >= 0.6 is 15.9 Å². The van der Waals surface area contributed by atoms with E-state index < -0.39 is 0 Å². The minimum atomic E-state index is 1.10. The zero-order valence-corrected chi connectivity index (χ0v) is 15.0. The number of hydrogen-bond acceptors (Lipinski definition) is 0. The molecule has 0 aliphatic rings. The molecule has 0 fully saturated rings. The normalized spacial score (nSPS) is 11.1. The Morgan fingerprint density at radius 3 is 2.12 bits per heavy atom. The Balaban J connectivity index is 1.91. The molecule has 0 spiro atoms. The Hall–Kier alpha value is -2.82. The van der Waals surface area contributed by atoms with Crippen LogP contribution in [0.15, 0.2) is 83.3 Å². The van der Waals surface area contributed by atoms with E-state index in [1.54, 1.807) is 0 Å². The molecule has 0 aliphatic carbocycles. The van der Waals surface area contributed by atoms with Crippen molar-refractivity contribution < 1.29 is 0 Å². The van der Waals surface area contributed by atoms with E-state index in [1.165, 1.54) is 38.1 Å². The van der Waals surface area contributed by atoms with Crippen molar-refractivity contribution in [3.05, 3.63) is 95.5 Å². The summed E-state index contributed by atoms with van der Waals surface area (Å²) >= 11 is 3.51. The average Bonchev–Trinajstić information content (AvgIpc) is 2.68. The Labute approximate surface area is 154 Å². The third kappa shape index (κ3) is 2.30. The monoisotopic (exact) mass is 380 g/mol. The van der Waals surface area contributed by atoms with Crippen LogP contribution in [0.25, 0.3) is 43.4 Å². The van der Waals surface area contributed by atoms with E-state index >= 15 is 0 Å². The molecule has 1 heteroatoms. The van der Waals surface area contributed by atoms with Crippen LogP contribution < -0.4 is 0 Å². The molecule has 25 heavy (non-hydrogen) atoms. The highest BCUT2D eigenvalue weighted by Crippen LogP contribution is 2.36. The van der Waals surface area contributed by atoms with Gasteiger partial charge in [0.2, 0.25) is 0 Å². The van der Waals surface area contributed by atoms with Crippen molar-refractivity contribution in [2.75, 3.05) is 0 Å². The Morgan fingerprint density at radius 2 is 1.28 bits per heavy atom. The van der Waals surface area contributed by atoms with Crippen LogP contribution in [0.5, 0.6) is 0 Å². The molecular weight excluding hydrogens is 368 g/mol. The Morgan fingerprint density at radius 1 is 0.600 bits per heavy atom. The average molecular weight is 381 g/mol. The Bertz CT molecular complexity index is 1200. The van der Waals surface area contributed by atoms with Crippen LogP contribution in [0.3, 0.4) is 0 Å². The van der Waals surface area contributed by atoms with E-state index in [2.05, 4.69) is 101 Å². The zero-order valence-electron chi connectivity index (χ0n) is 13.4. The highest BCUT2D eigenvalue weighted by atomic mass is 79.9. The summed E-state index contributed by atoms with van der Waals surface area (Å²) in [5.74, 6) is 0. The quantitative estimate of drug-likeness (QED) is 0.270. The first kappa shape index (κ1) is 14.5. The lowest BCUT2D eigenvalue weighted by Crippen LogP contribution is -1.84. The van der Waals surface area contributed by atoms with E-state index in [0.29, 0.717) is 0 Å². The van der Waals surface area contributed by atoms with Gasteiger partial charge in [-0.25, -0.2) is 0 Å². The second-order valence-electron chi connectivity index (χ2n) is 6.20. The molecule has 0 amide bonds. The van der Waals surface area contributed by atoms with Crippen molar-refractivity contribution in [2.24, 2.45) is 0 Å². The number of benzene rings is 4. The lowest BCUT2D eigenvalue weighted by atomic mass is 9.93. The van der Waals surface area contributed by atoms with Gasteiger partial charge in [-0.2, -0.15) is 0 Å². The van der Waals surface area contributed by atoms with E-state index in [-0.39, 0.29) is 0 Å². The van der Waals surface area contributed by atoms with Gasteiger partial charge in [-0.15, -0.1) is 0 Å². The maximum Gasteiger partial charge on any atom is 0.0406 e. The third-order valence-electron chi connectivity index (χ3n) is 4.77. The third-order valence-corrected chi connectivity index (χ3v) is 5.30. The van der Waals surface area contributed by atoms with Gasteiger partial charge in [-0.05, 0) is 68.4 Å². The second-order valence-corrected chi connectivity index (χ2v) is 7.12. The predicted molar refractivity (Wildman–Crippen MR) is 110 cm³/mol. The van der Waals surface area contributed by atoms with E-state index in [1.807, 2.05) is 6.07 Å². The molecule has 0 atom stereocenters. The van der Waals surface area contributed by atoms with Crippen molar-refractivity contribution >= 4 is 48.2 Å². The molecule has 0 aliphatic heterocycles. The van der Waals surface area contributed by atoms with Gasteiger partial charge in [0.15, 0.2) is 0 Å². The van der Waals surface area contributed by atoms with Gasteiger partial charge in [0.1, 0.15) is 0 Å². The summed E-state index contributed by atoms with van der Waals surface area (Å²) in [5.41, 5.74) is 2.45. The van der Waals surface area contributed by atoms with Gasteiger partial charge < -0.3 is 0 Å². The molecule has 5 aromatic carbocycles. The van der Waals surface area contributed by atoms with Crippen LogP contribution in [0.2, 0.25) is 0 Å². The van der Waals surface area contributed by atoms with Gasteiger partial charge in [-0.3, -0.25) is 0 Å². The number of hydrogen-bond donors (Lipinski definition) is 0. The van der Waals surface area contributed by atoms with Crippen molar-refractivity contribution in [3.8, 4) is 11.1 Å². The maximum atomic E-state index is 3.51. The summed E-state index contributed by atoms with van der Waals surface area (Å²) in [6, 6.07) is 34.3. The maximum absolute atomic E-state index is 3.51. The van der Waals surface area contributed by atoms with Crippen LogP contribution in [-0.4, -0.2) is 0 Å². The van der Waals surface area contributed by atoms with E-state index in [9.17, 15) is 0 Å². The molecule has 0 nitrogen and oxygen atoms in total. The molecule has 0 unspecified atom stereocenters. The molecule has 0 saturated carbocycles. The van der Waals surface area contributed by atoms with Crippen LogP contribution in [0.4, 0.5) is 0 Å². The first-order valence-electron chi connectivity index (χ1n) is 8.24. The molecule has 0 bridgehead atoms. The van der Waals surface area contributed by atoms with E-state index in [4.69, 9.17) is 0 Å². The smallest absolute Gasteiger partial charge is 0.0406 e. The summed E-state index contributed by atoms with van der Waals surface area (Å²) in [6.07, 6.45) is 0. The minimum Gasteiger partial charge on any atom is -0.0695 e. The zero-order chi connectivity index (χ0) is 16.8. The lowest BCUT2D eigenvalue weighted by molar-refractivity contribution is 1.62. The van der Waals surface area contributed by atoms with Crippen molar-refractivity contribution in [1.29, 1.82) is 0 Å². The van der Waals surface area contributed by atoms with Crippen molar-refractivity contribution in [1.82, 2.24) is 0 Å². The van der Waals surface area contributed by atoms with Crippen LogP contribution in [0.1, 0.15) is 0 Å². The van der Waals surface area contributed by atoms with E-state index in [0.717, 1.165) is 9.86 Å². The van der Waals surface area contributed by atoms with Gasteiger partial charge in [0, 0.05) is 9.86 Å². The first-order chi connectivity index (χ1) is 12.3.